The topological polar surface area (TPSA) is 18.5 Å². The molecular weight excluding hydrogens is 379 g/mol. The Balaban J connectivity index is 1.32. The van der Waals surface area contributed by atoms with Gasteiger partial charge in [-0.3, -0.25) is 0 Å². The summed E-state index contributed by atoms with van der Waals surface area (Å²) < 4.78 is 12.7. The number of para-hydroxylation sites is 1. The van der Waals surface area contributed by atoms with Gasteiger partial charge in [0.2, 0.25) is 0 Å². The first-order valence-corrected chi connectivity index (χ1v) is 12.0. The van der Waals surface area contributed by atoms with Crippen molar-refractivity contribution in [2.45, 2.75) is 43.9 Å². The van der Waals surface area contributed by atoms with E-state index in [-0.39, 0.29) is 6.71 Å². The predicted molar refractivity (Wildman–Crippen MR) is 124 cm³/mol. The Labute approximate surface area is 183 Å². The van der Waals surface area contributed by atoms with Crippen LogP contribution in [0.1, 0.15) is 44.1 Å². The molecule has 4 saturated carbocycles. The highest BCUT2D eigenvalue weighted by molar-refractivity contribution is 6.98. The van der Waals surface area contributed by atoms with Crippen molar-refractivity contribution in [2.75, 3.05) is 0 Å². The van der Waals surface area contributed by atoms with E-state index >= 15 is 0 Å². The summed E-state index contributed by atoms with van der Waals surface area (Å²) in [5.41, 5.74) is 5.74. The van der Waals surface area contributed by atoms with Gasteiger partial charge in [-0.2, -0.15) is 0 Å². The van der Waals surface area contributed by atoms with Crippen LogP contribution >= 0.6 is 0 Å². The zero-order valence-electron chi connectivity index (χ0n) is 17.6. The van der Waals surface area contributed by atoms with E-state index in [0.29, 0.717) is 5.41 Å². The molecule has 3 heteroatoms. The second kappa shape index (κ2) is 5.76. The second-order valence-corrected chi connectivity index (χ2v) is 10.8. The molecule has 9 rings (SSSR count). The second-order valence-electron chi connectivity index (χ2n) is 10.8. The molecule has 152 valence electrons. The SMILES string of the molecule is c1ccc2c(c1)Oc1cccc3c1B2c1cc(C24CC5CC(CC(C5)C2)C4)ccc1O3. The lowest BCUT2D eigenvalue weighted by atomic mass is 9.34. The van der Waals surface area contributed by atoms with Gasteiger partial charge >= 0.3 is 0 Å². The standard InChI is InChI=1S/C28H25BO2/c1-2-5-23-21(4-1)29-22-13-20(28-14-17-10-18(15-28)12-19(11-17)16-28)8-9-24(22)31-26-7-3-6-25(30-23)27(26)29/h1-9,13,17-19H,10-12,14-16H2. The fraction of sp³-hybridized carbons (Fsp3) is 0.357. The Morgan fingerprint density at radius 3 is 1.97 bits per heavy atom. The van der Waals surface area contributed by atoms with E-state index in [2.05, 4.69) is 54.6 Å². The summed E-state index contributed by atoms with van der Waals surface area (Å²) in [5, 5.41) is 0. The molecule has 0 saturated heterocycles. The molecule has 2 aliphatic heterocycles. The Bertz CT molecular complexity index is 1200. The summed E-state index contributed by atoms with van der Waals surface area (Å²) in [6, 6.07) is 21.9. The number of rotatable bonds is 1. The van der Waals surface area contributed by atoms with Crippen molar-refractivity contribution in [3.63, 3.8) is 0 Å². The van der Waals surface area contributed by atoms with Crippen molar-refractivity contribution in [1.82, 2.24) is 0 Å². The van der Waals surface area contributed by atoms with Crippen LogP contribution in [0.3, 0.4) is 0 Å². The van der Waals surface area contributed by atoms with E-state index in [9.17, 15) is 0 Å². The average Bonchev–Trinajstić information content (AvgIpc) is 2.78. The lowest BCUT2D eigenvalue weighted by molar-refractivity contribution is -0.00516. The minimum Gasteiger partial charge on any atom is -0.458 e. The van der Waals surface area contributed by atoms with Crippen LogP contribution in [-0.2, 0) is 5.41 Å². The summed E-state index contributed by atoms with van der Waals surface area (Å²) in [4.78, 5) is 0. The van der Waals surface area contributed by atoms with Gasteiger partial charge in [0.25, 0.3) is 6.71 Å². The van der Waals surface area contributed by atoms with Gasteiger partial charge in [0.1, 0.15) is 23.0 Å². The molecule has 4 fully saturated rings. The number of hydrogen-bond acceptors (Lipinski definition) is 2. The van der Waals surface area contributed by atoms with Crippen molar-refractivity contribution in [2.24, 2.45) is 17.8 Å². The van der Waals surface area contributed by atoms with Gasteiger partial charge in [0, 0.05) is 5.46 Å². The van der Waals surface area contributed by atoms with E-state index in [1.54, 1.807) is 5.56 Å². The maximum atomic E-state index is 6.43. The first kappa shape index (κ1) is 16.9. The number of hydrogen-bond donors (Lipinski definition) is 0. The van der Waals surface area contributed by atoms with Gasteiger partial charge < -0.3 is 9.47 Å². The monoisotopic (exact) mass is 404 g/mol. The van der Waals surface area contributed by atoms with E-state index in [4.69, 9.17) is 9.47 Å². The molecule has 0 unspecified atom stereocenters. The van der Waals surface area contributed by atoms with Gasteiger partial charge in [-0.15, -0.1) is 0 Å². The van der Waals surface area contributed by atoms with Crippen LogP contribution in [0, 0.1) is 17.8 Å². The van der Waals surface area contributed by atoms with E-state index in [0.717, 1.165) is 40.8 Å². The maximum absolute atomic E-state index is 6.43. The normalized spacial score (nSPS) is 30.7. The van der Waals surface area contributed by atoms with Gasteiger partial charge in [0.05, 0.1) is 0 Å². The van der Waals surface area contributed by atoms with Crippen molar-refractivity contribution in [3.8, 4) is 23.0 Å². The fourth-order valence-electron chi connectivity index (χ4n) is 8.17. The van der Waals surface area contributed by atoms with Crippen LogP contribution in [-0.4, -0.2) is 6.71 Å². The smallest absolute Gasteiger partial charge is 0.260 e. The third kappa shape index (κ3) is 2.25. The molecule has 0 aromatic heterocycles. The minimum atomic E-state index is 0.189. The summed E-state index contributed by atoms with van der Waals surface area (Å²) in [6.07, 6.45) is 8.63. The lowest BCUT2D eigenvalue weighted by Crippen LogP contribution is -2.57. The van der Waals surface area contributed by atoms with Crippen molar-refractivity contribution >= 4 is 23.1 Å². The molecule has 0 atom stereocenters. The molecule has 31 heavy (non-hydrogen) atoms. The Morgan fingerprint density at radius 1 is 0.645 bits per heavy atom. The Morgan fingerprint density at radius 2 is 1.26 bits per heavy atom. The summed E-state index contributed by atoms with van der Waals surface area (Å²) in [7, 11) is 0. The van der Waals surface area contributed by atoms with Gasteiger partial charge in [-0.1, -0.05) is 36.4 Å². The van der Waals surface area contributed by atoms with Crippen LogP contribution in [0.2, 0.25) is 0 Å². The van der Waals surface area contributed by atoms with E-state index < -0.39 is 0 Å². The molecule has 2 heterocycles. The summed E-state index contributed by atoms with van der Waals surface area (Å²) in [5.74, 6) is 6.73. The molecule has 6 aliphatic rings. The molecular formula is C28H25BO2. The summed E-state index contributed by atoms with van der Waals surface area (Å²) >= 11 is 0. The molecule has 3 aromatic carbocycles. The van der Waals surface area contributed by atoms with Gasteiger partial charge in [-0.25, -0.2) is 0 Å². The first-order chi connectivity index (χ1) is 15.3. The molecule has 4 aliphatic carbocycles. The van der Waals surface area contributed by atoms with E-state index in [1.807, 2.05) is 6.07 Å². The van der Waals surface area contributed by atoms with Crippen molar-refractivity contribution in [1.29, 1.82) is 0 Å². The lowest BCUT2D eigenvalue weighted by Gasteiger charge is -2.57. The largest absolute Gasteiger partial charge is 0.458 e. The molecule has 0 spiro atoms. The number of benzene rings is 3. The highest BCUT2D eigenvalue weighted by atomic mass is 16.5. The van der Waals surface area contributed by atoms with Crippen LogP contribution in [0.25, 0.3) is 0 Å². The van der Waals surface area contributed by atoms with Crippen LogP contribution in [0.4, 0.5) is 0 Å². The first-order valence-electron chi connectivity index (χ1n) is 12.0. The van der Waals surface area contributed by atoms with Crippen molar-refractivity contribution < 1.29 is 9.47 Å². The number of ether oxygens (including phenoxy) is 2. The molecule has 0 N–H and O–H groups in total. The molecule has 3 aromatic rings. The van der Waals surface area contributed by atoms with Crippen LogP contribution in [0.15, 0.2) is 60.7 Å². The highest BCUT2D eigenvalue weighted by Gasteiger charge is 2.52. The van der Waals surface area contributed by atoms with E-state index in [1.165, 1.54) is 54.9 Å². The van der Waals surface area contributed by atoms with Crippen LogP contribution in [0.5, 0.6) is 23.0 Å². The Kier molecular flexibility index (Phi) is 3.15. The predicted octanol–water partition coefficient (Wildman–Crippen LogP) is 4.88. The zero-order chi connectivity index (χ0) is 20.2. The molecule has 0 amide bonds. The Hall–Kier alpha value is -2.68. The fourth-order valence-corrected chi connectivity index (χ4v) is 8.17. The van der Waals surface area contributed by atoms with Gasteiger partial charge in [0.15, 0.2) is 0 Å². The van der Waals surface area contributed by atoms with Gasteiger partial charge in [-0.05, 0) is 102 Å². The third-order valence-electron chi connectivity index (χ3n) is 8.96. The minimum absolute atomic E-state index is 0.189. The average molecular weight is 404 g/mol. The number of fused-ring (bicyclic) bond motifs is 4. The van der Waals surface area contributed by atoms with Crippen LogP contribution < -0.4 is 25.9 Å². The zero-order valence-corrected chi connectivity index (χ0v) is 17.6. The quantitative estimate of drug-likeness (QED) is 0.371. The summed E-state index contributed by atoms with van der Waals surface area (Å²) in [6.45, 7) is 0.189. The third-order valence-corrected chi connectivity index (χ3v) is 8.96. The maximum Gasteiger partial charge on any atom is 0.260 e. The molecule has 4 bridgehead atoms. The highest BCUT2D eigenvalue weighted by Crippen LogP contribution is 2.60. The molecule has 2 nitrogen and oxygen atoms in total. The van der Waals surface area contributed by atoms with Crippen molar-refractivity contribution in [3.05, 3.63) is 66.2 Å². The molecule has 0 radical (unpaired) electrons.